The van der Waals surface area contributed by atoms with E-state index in [1.165, 1.54) is 18.4 Å². The number of aromatic nitrogens is 3. The third-order valence-electron chi connectivity index (χ3n) is 2.89. The minimum Gasteiger partial charge on any atom is -0.390 e. The van der Waals surface area contributed by atoms with Gasteiger partial charge in [-0.15, -0.1) is 5.10 Å². The van der Waals surface area contributed by atoms with Gasteiger partial charge in [0.05, 0.1) is 18.5 Å². The van der Waals surface area contributed by atoms with E-state index in [1.54, 1.807) is 10.9 Å². The zero-order valence-corrected chi connectivity index (χ0v) is 8.87. The van der Waals surface area contributed by atoms with E-state index in [9.17, 15) is 0 Å². The van der Waals surface area contributed by atoms with Crippen molar-refractivity contribution in [2.75, 3.05) is 0 Å². The lowest BCUT2D eigenvalue weighted by Gasteiger charge is -2.02. The number of hydrogen-bond acceptors (Lipinski definition) is 3. The van der Waals surface area contributed by atoms with E-state index in [0.717, 1.165) is 11.6 Å². The van der Waals surface area contributed by atoms with Crippen molar-refractivity contribution in [2.24, 2.45) is 0 Å². The van der Waals surface area contributed by atoms with E-state index in [1.807, 2.05) is 12.1 Å². The first kappa shape index (κ1) is 9.54. The van der Waals surface area contributed by atoms with Crippen molar-refractivity contribution in [1.82, 2.24) is 15.0 Å². The Kier molecular flexibility index (Phi) is 2.22. The fourth-order valence-corrected chi connectivity index (χ4v) is 1.83. The van der Waals surface area contributed by atoms with Crippen LogP contribution in [-0.2, 0) is 6.61 Å². The molecule has 1 heterocycles. The van der Waals surface area contributed by atoms with Gasteiger partial charge in [-0.25, -0.2) is 4.68 Å². The summed E-state index contributed by atoms with van der Waals surface area (Å²) in [5.41, 5.74) is 2.98. The quantitative estimate of drug-likeness (QED) is 0.846. The number of nitrogens with zero attached hydrogens (tertiary/aromatic N) is 3. The minimum absolute atomic E-state index is 0.0671. The van der Waals surface area contributed by atoms with Gasteiger partial charge in [0.15, 0.2) is 0 Å². The van der Waals surface area contributed by atoms with Crippen molar-refractivity contribution in [3.05, 3.63) is 41.7 Å². The van der Waals surface area contributed by atoms with Crippen molar-refractivity contribution in [2.45, 2.75) is 25.4 Å². The minimum atomic E-state index is -0.0671. The molecule has 0 bridgehead atoms. The maximum atomic E-state index is 8.93. The van der Waals surface area contributed by atoms with Crippen molar-refractivity contribution in [3.8, 4) is 5.69 Å². The molecule has 2 aromatic rings. The highest BCUT2D eigenvalue weighted by molar-refractivity contribution is 5.38. The summed E-state index contributed by atoms with van der Waals surface area (Å²) in [5.74, 6) is 0.737. The molecule has 0 spiro atoms. The Balaban J connectivity index is 1.95. The lowest BCUT2D eigenvalue weighted by Crippen LogP contribution is -1.95. The molecule has 0 atom stereocenters. The van der Waals surface area contributed by atoms with Crippen LogP contribution in [-0.4, -0.2) is 20.1 Å². The van der Waals surface area contributed by atoms with Gasteiger partial charge in [-0.2, -0.15) is 0 Å². The molecule has 0 amide bonds. The Labute approximate surface area is 93.5 Å². The average molecular weight is 215 g/mol. The second kappa shape index (κ2) is 3.72. The molecular weight excluding hydrogens is 202 g/mol. The molecule has 1 aromatic carbocycles. The monoisotopic (exact) mass is 215 g/mol. The van der Waals surface area contributed by atoms with Gasteiger partial charge in [0, 0.05) is 0 Å². The van der Waals surface area contributed by atoms with E-state index >= 15 is 0 Å². The Morgan fingerprint density at radius 3 is 2.94 bits per heavy atom. The average Bonchev–Trinajstić information content (AvgIpc) is 3.07. The molecule has 3 rings (SSSR count). The summed E-state index contributed by atoms with van der Waals surface area (Å²) in [6, 6.07) is 8.35. The highest BCUT2D eigenvalue weighted by Gasteiger charge is 2.23. The normalized spacial score (nSPS) is 15.3. The van der Waals surface area contributed by atoms with Gasteiger partial charge in [0.1, 0.15) is 5.69 Å². The summed E-state index contributed by atoms with van der Waals surface area (Å²) in [6.07, 6.45) is 4.34. The summed E-state index contributed by atoms with van der Waals surface area (Å²) in [4.78, 5) is 0. The summed E-state index contributed by atoms with van der Waals surface area (Å²) in [5, 5.41) is 16.8. The SMILES string of the molecule is OCc1cn(-c2cccc(C3CC3)c2)nn1. The van der Waals surface area contributed by atoms with Crippen LogP contribution in [0.1, 0.15) is 30.0 Å². The van der Waals surface area contributed by atoms with E-state index in [-0.39, 0.29) is 6.61 Å². The second-order valence-corrected chi connectivity index (χ2v) is 4.18. The van der Waals surface area contributed by atoms with Crippen LogP contribution < -0.4 is 0 Å². The number of aliphatic hydroxyl groups excluding tert-OH is 1. The van der Waals surface area contributed by atoms with E-state index in [0.29, 0.717) is 5.69 Å². The zero-order chi connectivity index (χ0) is 11.0. The molecule has 1 fully saturated rings. The van der Waals surface area contributed by atoms with Crippen molar-refractivity contribution in [3.63, 3.8) is 0 Å². The smallest absolute Gasteiger partial charge is 0.109 e. The molecule has 1 aromatic heterocycles. The molecule has 0 saturated heterocycles. The van der Waals surface area contributed by atoms with Crippen LogP contribution in [0, 0.1) is 0 Å². The van der Waals surface area contributed by atoms with Crippen LogP contribution in [0.2, 0.25) is 0 Å². The highest BCUT2D eigenvalue weighted by atomic mass is 16.3. The van der Waals surface area contributed by atoms with Gasteiger partial charge in [-0.1, -0.05) is 17.3 Å². The number of benzene rings is 1. The van der Waals surface area contributed by atoms with E-state index < -0.39 is 0 Å². The molecule has 1 aliphatic rings. The molecule has 1 saturated carbocycles. The predicted molar refractivity (Wildman–Crippen MR) is 59.3 cm³/mol. The number of aliphatic hydroxyl groups is 1. The number of rotatable bonds is 3. The predicted octanol–water partition coefficient (Wildman–Crippen LogP) is 1.64. The van der Waals surface area contributed by atoms with Crippen LogP contribution in [0.15, 0.2) is 30.5 Å². The molecule has 16 heavy (non-hydrogen) atoms. The van der Waals surface area contributed by atoms with Gasteiger partial charge < -0.3 is 5.11 Å². The molecule has 4 heteroatoms. The van der Waals surface area contributed by atoms with Gasteiger partial charge >= 0.3 is 0 Å². The third-order valence-corrected chi connectivity index (χ3v) is 2.89. The number of hydrogen-bond donors (Lipinski definition) is 1. The Morgan fingerprint density at radius 2 is 2.25 bits per heavy atom. The zero-order valence-electron chi connectivity index (χ0n) is 8.87. The Hall–Kier alpha value is -1.68. The van der Waals surface area contributed by atoms with Gasteiger partial charge in [0.2, 0.25) is 0 Å². The fourth-order valence-electron chi connectivity index (χ4n) is 1.83. The summed E-state index contributed by atoms with van der Waals surface area (Å²) in [6.45, 7) is -0.0671. The largest absolute Gasteiger partial charge is 0.390 e. The lowest BCUT2D eigenvalue weighted by molar-refractivity contribution is 0.276. The van der Waals surface area contributed by atoms with E-state index in [4.69, 9.17) is 5.11 Å². The second-order valence-electron chi connectivity index (χ2n) is 4.18. The molecule has 0 unspecified atom stereocenters. The molecule has 1 aliphatic carbocycles. The highest BCUT2D eigenvalue weighted by Crippen LogP contribution is 2.40. The van der Waals surface area contributed by atoms with E-state index in [2.05, 4.69) is 22.4 Å². The summed E-state index contributed by atoms with van der Waals surface area (Å²) < 4.78 is 1.71. The fraction of sp³-hybridized carbons (Fsp3) is 0.333. The molecule has 82 valence electrons. The van der Waals surface area contributed by atoms with Gasteiger partial charge in [-0.3, -0.25) is 0 Å². The van der Waals surface area contributed by atoms with Crippen LogP contribution in [0.4, 0.5) is 0 Å². The van der Waals surface area contributed by atoms with Crippen LogP contribution in [0.5, 0.6) is 0 Å². The molecule has 4 nitrogen and oxygen atoms in total. The molecule has 0 radical (unpaired) electrons. The molecule has 0 aliphatic heterocycles. The first-order valence-corrected chi connectivity index (χ1v) is 5.49. The topological polar surface area (TPSA) is 50.9 Å². The maximum absolute atomic E-state index is 8.93. The lowest BCUT2D eigenvalue weighted by atomic mass is 10.1. The first-order valence-electron chi connectivity index (χ1n) is 5.49. The van der Waals surface area contributed by atoms with Crippen molar-refractivity contribution < 1.29 is 5.11 Å². The summed E-state index contributed by atoms with van der Waals surface area (Å²) in [7, 11) is 0. The van der Waals surface area contributed by atoms with Crippen LogP contribution in [0.3, 0.4) is 0 Å². The first-order chi connectivity index (χ1) is 7.86. The molecular formula is C12H13N3O. The van der Waals surface area contributed by atoms with Crippen molar-refractivity contribution >= 4 is 0 Å². The van der Waals surface area contributed by atoms with Crippen LogP contribution in [0.25, 0.3) is 5.69 Å². The summed E-state index contributed by atoms with van der Waals surface area (Å²) >= 11 is 0. The van der Waals surface area contributed by atoms with Gasteiger partial charge in [0.25, 0.3) is 0 Å². The van der Waals surface area contributed by atoms with Crippen LogP contribution >= 0.6 is 0 Å². The molecule has 1 N–H and O–H groups in total. The standard InChI is InChI=1S/C12H13N3O/c16-8-11-7-15(14-13-11)12-3-1-2-10(6-12)9-4-5-9/h1-3,6-7,9,16H,4-5,8H2. The third kappa shape index (κ3) is 1.72. The van der Waals surface area contributed by atoms with Crippen molar-refractivity contribution in [1.29, 1.82) is 0 Å². The Bertz CT molecular complexity index is 502. The Morgan fingerprint density at radius 1 is 1.38 bits per heavy atom. The van der Waals surface area contributed by atoms with Gasteiger partial charge in [-0.05, 0) is 36.5 Å². The maximum Gasteiger partial charge on any atom is 0.109 e.